The second kappa shape index (κ2) is 4.58. The van der Waals surface area contributed by atoms with E-state index < -0.39 is 0 Å². The van der Waals surface area contributed by atoms with Gasteiger partial charge in [0.25, 0.3) is 5.56 Å². The maximum Gasteiger partial charge on any atom is 0.277 e. The molecule has 0 spiro atoms. The Balaban J connectivity index is 1.82. The summed E-state index contributed by atoms with van der Waals surface area (Å²) in [6.07, 6.45) is 8.20. The predicted octanol–water partition coefficient (Wildman–Crippen LogP) is 1.18. The summed E-state index contributed by atoms with van der Waals surface area (Å²) in [7, 11) is 1.82. The largest absolute Gasteiger partial charge is 0.363 e. The lowest BCUT2D eigenvalue weighted by atomic mass is 10.4. The van der Waals surface area contributed by atoms with E-state index in [2.05, 4.69) is 25.5 Å². The van der Waals surface area contributed by atoms with E-state index >= 15 is 0 Å². The van der Waals surface area contributed by atoms with Gasteiger partial charge in [-0.15, -0.1) is 0 Å². The normalized spacial score (nSPS) is 11.1. The molecule has 4 heterocycles. The van der Waals surface area contributed by atoms with E-state index in [1.807, 2.05) is 13.2 Å². The van der Waals surface area contributed by atoms with Crippen molar-refractivity contribution in [2.45, 2.75) is 0 Å². The third-order valence-corrected chi connectivity index (χ3v) is 3.21. The highest BCUT2D eigenvalue weighted by atomic mass is 16.5. The number of aromatic amines is 1. The number of rotatable bonds is 3. The highest BCUT2D eigenvalue weighted by Crippen LogP contribution is 2.17. The fourth-order valence-electron chi connectivity index (χ4n) is 2.26. The van der Waals surface area contributed by atoms with Gasteiger partial charge in [-0.2, -0.15) is 5.10 Å². The number of fused-ring (bicyclic) bond motifs is 1. The molecule has 0 aliphatic heterocycles. The van der Waals surface area contributed by atoms with Crippen LogP contribution in [0.3, 0.4) is 0 Å². The van der Waals surface area contributed by atoms with Gasteiger partial charge in [-0.25, -0.2) is 4.98 Å². The van der Waals surface area contributed by atoms with Crippen LogP contribution in [0.25, 0.3) is 16.7 Å². The van der Waals surface area contributed by atoms with E-state index in [-0.39, 0.29) is 5.56 Å². The van der Waals surface area contributed by atoms with Gasteiger partial charge < -0.3 is 14.4 Å². The minimum atomic E-state index is -0.252. The van der Waals surface area contributed by atoms with Gasteiger partial charge in [-0.1, -0.05) is 5.16 Å². The van der Waals surface area contributed by atoms with E-state index in [1.54, 1.807) is 27.7 Å². The van der Waals surface area contributed by atoms with Crippen molar-refractivity contribution < 1.29 is 4.52 Å². The van der Waals surface area contributed by atoms with Crippen molar-refractivity contribution in [2.24, 2.45) is 7.05 Å². The summed E-state index contributed by atoms with van der Waals surface area (Å²) < 4.78 is 8.14. The Morgan fingerprint density at radius 2 is 2.27 bits per heavy atom. The van der Waals surface area contributed by atoms with Crippen LogP contribution < -0.4 is 10.9 Å². The molecular formula is C13H11N7O2. The molecular weight excluding hydrogens is 286 g/mol. The Hall–Kier alpha value is -3.36. The average molecular weight is 297 g/mol. The first-order valence-electron chi connectivity index (χ1n) is 6.47. The first-order chi connectivity index (χ1) is 10.7. The molecule has 4 aromatic heterocycles. The van der Waals surface area contributed by atoms with Crippen molar-refractivity contribution >= 4 is 22.7 Å². The predicted molar refractivity (Wildman–Crippen MR) is 78.2 cm³/mol. The average Bonchev–Trinajstić information content (AvgIpc) is 3.19. The van der Waals surface area contributed by atoms with Crippen molar-refractivity contribution in [1.29, 1.82) is 0 Å². The third kappa shape index (κ3) is 1.95. The summed E-state index contributed by atoms with van der Waals surface area (Å²) >= 11 is 0. The monoisotopic (exact) mass is 297 g/mol. The van der Waals surface area contributed by atoms with E-state index in [0.717, 1.165) is 5.69 Å². The second-order valence-electron chi connectivity index (χ2n) is 4.74. The summed E-state index contributed by atoms with van der Waals surface area (Å²) in [5.41, 5.74) is 2.19. The van der Waals surface area contributed by atoms with Gasteiger partial charge in [0.1, 0.15) is 17.5 Å². The highest BCUT2D eigenvalue weighted by Gasteiger charge is 2.11. The molecule has 4 aromatic rings. The van der Waals surface area contributed by atoms with Gasteiger partial charge in [0.15, 0.2) is 0 Å². The fraction of sp³-hybridized carbons (Fsp3) is 0.0769. The van der Waals surface area contributed by atoms with E-state index in [1.165, 1.54) is 12.5 Å². The number of hydrogen-bond acceptors (Lipinski definition) is 6. The van der Waals surface area contributed by atoms with Gasteiger partial charge in [-0.3, -0.25) is 14.5 Å². The molecule has 110 valence electrons. The van der Waals surface area contributed by atoms with Gasteiger partial charge in [0.2, 0.25) is 5.95 Å². The van der Waals surface area contributed by atoms with Crippen LogP contribution in [0, 0.1) is 0 Å². The number of H-pyrrole nitrogens is 1. The van der Waals surface area contributed by atoms with Crippen molar-refractivity contribution in [3.05, 3.63) is 47.5 Å². The van der Waals surface area contributed by atoms with Crippen molar-refractivity contribution in [2.75, 3.05) is 5.32 Å². The maximum atomic E-state index is 12.4. The Kier molecular flexibility index (Phi) is 2.58. The Labute approximate surface area is 123 Å². The summed E-state index contributed by atoms with van der Waals surface area (Å²) in [5.74, 6) is 0.324. The molecule has 22 heavy (non-hydrogen) atoms. The van der Waals surface area contributed by atoms with Crippen LogP contribution in [-0.4, -0.2) is 29.5 Å². The van der Waals surface area contributed by atoms with Crippen LogP contribution in [-0.2, 0) is 7.05 Å². The summed E-state index contributed by atoms with van der Waals surface area (Å²) in [4.78, 5) is 19.4. The summed E-state index contributed by atoms with van der Waals surface area (Å²) in [5, 5.41) is 10.6. The quantitative estimate of drug-likeness (QED) is 0.588. The smallest absolute Gasteiger partial charge is 0.277 e. The zero-order valence-electron chi connectivity index (χ0n) is 11.5. The summed E-state index contributed by atoms with van der Waals surface area (Å²) in [6.45, 7) is 0. The Bertz CT molecular complexity index is 993. The molecule has 0 atom stereocenters. The first kappa shape index (κ1) is 12.4. The molecule has 2 N–H and O–H groups in total. The van der Waals surface area contributed by atoms with Crippen molar-refractivity contribution in [3.8, 4) is 5.69 Å². The Morgan fingerprint density at radius 3 is 3.00 bits per heavy atom. The number of nitrogens with one attached hydrogen (secondary N) is 2. The lowest BCUT2D eigenvalue weighted by Crippen LogP contribution is -2.13. The Morgan fingerprint density at radius 1 is 1.36 bits per heavy atom. The topological polar surface area (TPSA) is 107 Å². The number of aromatic nitrogens is 6. The van der Waals surface area contributed by atoms with Crippen molar-refractivity contribution in [3.63, 3.8) is 0 Å². The van der Waals surface area contributed by atoms with Crippen molar-refractivity contribution in [1.82, 2.24) is 29.5 Å². The molecule has 9 heteroatoms. The van der Waals surface area contributed by atoms with Crippen LogP contribution in [0.5, 0.6) is 0 Å². The minimum absolute atomic E-state index is 0.252. The second-order valence-corrected chi connectivity index (χ2v) is 4.74. The molecule has 0 aliphatic rings. The van der Waals surface area contributed by atoms with Crippen LogP contribution in [0.1, 0.15) is 0 Å². The molecule has 0 saturated heterocycles. The molecule has 0 bridgehead atoms. The van der Waals surface area contributed by atoms with Gasteiger partial charge in [-0.05, 0) is 6.07 Å². The molecule has 0 saturated carbocycles. The van der Waals surface area contributed by atoms with Crippen LogP contribution >= 0.6 is 0 Å². The van der Waals surface area contributed by atoms with Gasteiger partial charge in [0.05, 0.1) is 23.6 Å². The molecule has 0 radical (unpaired) electrons. The van der Waals surface area contributed by atoms with Crippen LogP contribution in [0.2, 0.25) is 0 Å². The molecule has 0 aliphatic carbocycles. The molecule has 0 unspecified atom stereocenters. The zero-order valence-corrected chi connectivity index (χ0v) is 11.5. The fourth-order valence-corrected chi connectivity index (χ4v) is 2.26. The number of nitrogens with zero attached hydrogens (tertiary/aromatic N) is 5. The number of hydrogen-bond donors (Lipinski definition) is 2. The lowest BCUT2D eigenvalue weighted by Gasteiger charge is -2.03. The summed E-state index contributed by atoms with van der Waals surface area (Å²) in [6, 6.07) is 1.77. The molecule has 0 aromatic carbocycles. The standard InChI is InChI=1S/C13H11N7O2/c1-19-6-9(5-14-19)20-3-2-10-11(20)12(21)18-13(17-10)16-8-4-15-22-7-8/h2-7H,1H3,(H2,16,17,18,21). The van der Waals surface area contributed by atoms with Crippen LogP contribution in [0.4, 0.5) is 11.6 Å². The molecule has 4 rings (SSSR count). The lowest BCUT2D eigenvalue weighted by molar-refractivity contribution is 0.420. The third-order valence-electron chi connectivity index (χ3n) is 3.21. The van der Waals surface area contributed by atoms with Gasteiger partial charge >= 0.3 is 0 Å². The number of anilines is 2. The van der Waals surface area contributed by atoms with Crippen LogP contribution in [0.15, 0.2) is 46.4 Å². The van der Waals surface area contributed by atoms with E-state index in [9.17, 15) is 4.79 Å². The molecule has 0 amide bonds. The zero-order chi connectivity index (χ0) is 15.1. The maximum absolute atomic E-state index is 12.4. The van der Waals surface area contributed by atoms with E-state index in [4.69, 9.17) is 4.52 Å². The highest BCUT2D eigenvalue weighted by molar-refractivity contribution is 5.78. The first-order valence-corrected chi connectivity index (χ1v) is 6.47. The molecule has 9 nitrogen and oxygen atoms in total. The van der Waals surface area contributed by atoms with Gasteiger partial charge in [0, 0.05) is 19.4 Å². The number of aryl methyl sites for hydroxylation is 1. The molecule has 0 fully saturated rings. The SMILES string of the molecule is Cn1cc(-n2ccc3nc(Nc4cnoc4)[nH]c(=O)c32)cn1. The van der Waals surface area contributed by atoms with E-state index in [0.29, 0.717) is 22.7 Å². The minimum Gasteiger partial charge on any atom is -0.363 e.